The fraction of sp³-hybridized carbons (Fsp3) is 0.667. The van der Waals surface area contributed by atoms with Crippen LogP contribution in [0.2, 0.25) is 4.34 Å². The molecule has 0 saturated carbocycles. The van der Waals surface area contributed by atoms with Gasteiger partial charge in [0.25, 0.3) is 0 Å². The van der Waals surface area contributed by atoms with Crippen molar-refractivity contribution in [2.24, 2.45) is 0 Å². The van der Waals surface area contributed by atoms with Gasteiger partial charge in [-0.2, -0.15) is 0 Å². The second-order valence-electron chi connectivity index (χ2n) is 3.89. The number of carbonyl (C=O) groups is 1. The molecule has 1 amide bonds. The van der Waals surface area contributed by atoms with Gasteiger partial charge < -0.3 is 5.32 Å². The van der Waals surface area contributed by atoms with Crippen LogP contribution < -0.4 is 5.32 Å². The van der Waals surface area contributed by atoms with Crippen LogP contribution in [0.1, 0.15) is 19.5 Å². The summed E-state index contributed by atoms with van der Waals surface area (Å²) in [5, 5.41) is 6.71. The third-order valence-electron chi connectivity index (χ3n) is 1.79. The van der Waals surface area contributed by atoms with Crippen LogP contribution in [0.4, 0.5) is 0 Å². The lowest BCUT2D eigenvalue weighted by Gasteiger charge is -2.16. The summed E-state index contributed by atoms with van der Waals surface area (Å²) in [4.78, 5) is 13.3. The van der Waals surface area contributed by atoms with Crippen molar-refractivity contribution in [1.82, 2.24) is 19.8 Å². The van der Waals surface area contributed by atoms with Gasteiger partial charge in [0.05, 0.1) is 6.54 Å². The van der Waals surface area contributed by atoms with Gasteiger partial charge in [0.2, 0.25) is 5.91 Å². The Morgan fingerprint density at radius 1 is 1.62 bits per heavy atom. The van der Waals surface area contributed by atoms with E-state index in [9.17, 15) is 4.79 Å². The molecule has 1 heterocycles. The summed E-state index contributed by atoms with van der Waals surface area (Å²) < 4.78 is 4.31. The van der Waals surface area contributed by atoms with Crippen LogP contribution >= 0.6 is 23.1 Å². The van der Waals surface area contributed by atoms with Gasteiger partial charge in [0.1, 0.15) is 10.0 Å². The predicted molar refractivity (Wildman–Crippen MR) is 64.5 cm³/mol. The van der Waals surface area contributed by atoms with Crippen molar-refractivity contribution in [2.45, 2.75) is 26.4 Å². The van der Waals surface area contributed by atoms with E-state index in [0.717, 1.165) is 11.5 Å². The molecule has 0 spiro atoms. The molecule has 16 heavy (non-hydrogen) atoms. The molecule has 0 aliphatic heterocycles. The van der Waals surface area contributed by atoms with E-state index in [0.29, 0.717) is 23.1 Å². The Morgan fingerprint density at radius 3 is 2.81 bits per heavy atom. The van der Waals surface area contributed by atoms with Crippen molar-refractivity contribution in [3.63, 3.8) is 0 Å². The van der Waals surface area contributed by atoms with Gasteiger partial charge in [-0.3, -0.25) is 9.69 Å². The van der Waals surface area contributed by atoms with Gasteiger partial charge in [0.15, 0.2) is 0 Å². The molecular weight excluding hydrogens is 248 g/mol. The van der Waals surface area contributed by atoms with E-state index in [1.54, 1.807) is 0 Å². The summed E-state index contributed by atoms with van der Waals surface area (Å²) >= 11 is 7.02. The first kappa shape index (κ1) is 13.3. The number of amides is 1. The zero-order valence-electron chi connectivity index (χ0n) is 9.53. The zero-order chi connectivity index (χ0) is 12.1. The molecule has 1 rings (SSSR count). The van der Waals surface area contributed by atoms with E-state index in [-0.39, 0.29) is 11.9 Å². The number of nitrogens with zero attached hydrogens (tertiary/aromatic N) is 3. The standard InChI is InChI=1S/C9H15ClN4OS/c1-6(2)11-8(15)5-14(3)4-7-9(10)16-13-12-7/h6H,4-5H2,1-3H3,(H,11,15). The quantitative estimate of drug-likeness (QED) is 0.865. The Hall–Kier alpha value is -0.720. The molecule has 0 aromatic carbocycles. The molecule has 0 atom stereocenters. The first-order valence-electron chi connectivity index (χ1n) is 4.93. The van der Waals surface area contributed by atoms with Crippen molar-refractivity contribution in [3.05, 3.63) is 10.0 Å². The molecule has 7 heteroatoms. The second kappa shape index (κ2) is 6.12. The molecule has 1 aromatic rings. The maximum absolute atomic E-state index is 11.5. The van der Waals surface area contributed by atoms with Crippen LogP contribution in [-0.4, -0.2) is 40.0 Å². The smallest absolute Gasteiger partial charge is 0.234 e. The molecule has 5 nitrogen and oxygen atoms in total. The van der Waals surface area contributed by atoms with Crippen LogP contribution in [0.25, 0.3) is 0 Å². The summed E-state index contributed by atoms with van der Waals surface area (Å²) in [6, 6.07) is 0.158. The van der Waals surface area contributed by atoms with E-state index in [4.69, 9.17) is 11.6 Å². The highest BCUT2D eigenvalue weighted by molar-refractivity contribution is 7.10. The Kier molecular flexibility index (Phi) is 5.11. The van der Waals surface area contributed by atoms with Gasteiger partial charge >= 0.3 is 0 Å². The molecular formula is C9H15ClN4OS. The normalized spacial score (nSPS) is 11.1. The molecule has 0 unspecified atom stereocenters. The Balaban J connectivity index is 2.39. The Labute approximate surface area is 104 Å². The monoisotopic (exact) mass is 262 g/mol. The predicted octanol–water partition coefficient (Wildman–Crippen LogP) is 1.15. The average Bonchev–Trinajstić information content (AvgIpc) is 2.49. The van der Waals surface area contributed by atoms with Gasteiger partial charge in [0, 0.05) is 24.1 Å². The number of carbonyl (C=O) groups excluding carboxylic acids is 1. The molecule has 0 bridgehead atoms. The number of hydrogen-bond donors (Lipinski definition) is 1. The highest BCUT2D eigenvalue weighted by Gasteiger charge is 2.11. The van der Waals surface area contributed by atoms with E-state index >= 15 is 0 Å². The van der Waals surface area contributed by atoms with Crippen LogP contribution in [0.5, 0.6) is 0 Å². The lowest BCUT2D eigenvalue weighted by atomic mass is 10.3. The average molecular weight is 263 g/mol. The van der Waals surface area contributed by atoms with Crippen molar-refractivity contribution in [2.75, 3.05) is 13.6 Å². The highest BCUT2D eigenvalue weighted by atomic mass is 35.5. The lowest BCUT2D eigenvalue weighted by Crippen LogP contribution is -2.38. The van der Waals surface area contributed by atoms with E-state index < -0.39 is 0 Å². The Morgan fingerprint density at radius 2 is 2.31 bits per heavy atom. The summed E-state index contributed by atoms with van der Waals surface area (Å²) in [5.41, 5.74) is 0.714. The van der Waals surface area contributed by atoms with E-state index in [1.807, 2.05) is 25.8 Å². The van der Waals surface area contributed by atoms with Crippen LogP contribution in [0.15, 0.2) is 0 Å². The molecule has 0 aliphatic rings. The maximum atomic E-state index is 11.5. The molecule has 1 N–H and O–H groups in total. The summed E-state index contributed by atoms with van der Waals surface area (Å²) in [6.45, 7) is 4.71. The lowest BCUT2D eigenvalue weighted by molar-refractivity contribution is -0.122. The molecule has 1 aromatic heterocycles. The minimum absolute atomic E-state index is 0.00295. The van der Waals surface area contributed by atoms with Crippen molar-refractivity contribution < 1.29 is 4.79 Å². The summed E-state index contributed by atoms with van der Waals surface area (Å²) in [7, 11) is 1.84. The number of nitrogens with one attached hydrogen (secondary N) is 1. The van der Waals surface area contributed by atoms with Crippen molar-refractivity contribution in [1.29, 1.82) is 0 Å². The van der Waals surface area contributed by atoms with Crippen LogP contribution in [0.3, 0.4) is 0 Å². The highest BCUT2D eigenvalue weighted by Crippen LogP contribution is 2.18. The summed E-state index contributed by atoms with van der Waals surface area (Å²) in [5.74, 6) is -0.00295. The largest absolute Gasteiger partial charge is 0.353 e. The number of hydrogen-bond acceptors (Lipinski definition) is 5. The summed E-state index contributed by atoms with van der Waals surface area (Å²) in [6.07, 6.45) is 0. The third-order valence-corrected chi connectivity index (χ3v) is 2.78. The first-order valence-corrected chi connectivity index (χ1v) is 6.08. The molecule has 0 aliphatic carbocycles. The zero-order valence-corrected chi connectivity index (χ0v) is 11.1. The molecule has 0 fully saturated rings. The second-order valence-corrected chi connectivity index (χ2v) is 5.24. The maximum Gasteiger partial charge on any atom is 0.234 e. The van der Waals surface area contributed by atoms with Gasteiger partial charge in [-0.1, -0.05) is 16.1 Å². The van der Waals surface area contributed by atoms with E-state index in [1.165, 1.54) is 0 Å². The molecule has 0 saturated heterocycles. The third kappa shape index (κ3) is 4.42. The van der Waals surface area contributed by atoms with Gasteiger partial charge in [-0.15, -0.1) is 5.10 Å². The number of halogens is 1. The van der Waals surface area contributed by atoms with Gasteiger partial charge in [-0.05, 0) is 20.9 Å². The topological polar surface area (TPSA) is 58.1 Å². The minimum Gasteiger partial charge on any atom is -0.353 e. The van der Waals surface area contributed by atoms with Crippen molar-refractivity contribution >= 4 is 29.0 Å². The number of aromatic nitrogens is 2. The minimum atomic E-state index is -0.00295. The first-order chi connectivity index (χ1) is 7.49. The fourth-order valence-electron chi connectivity index (χ4n) is 1.22. The van der Waals surface area contributed by atoms with Gasteiger partial charge in [-0.25, -0.2) is 0 Å². The molecule has 0 radical (unpaired) electrons. The fourth-order valence-corrected chi connectivity index (χ4v) is 1.83. The van der Waals surface area contributed by atoms with E-state index in [2.05, 4.69) is 14.9 Å². The molecule has 90 valence electrons. The van der Waals surface area contributed by atoms with Crippen LogP contribution in [-0.2, 0) is 11.3 Å². The van der Waals surface area contributed by atoms with Crippen LogP contribution in [0, 0.1) is 0 Å². The Bertz CT molecular complexity index is 355. The van der Waals surface area contributed by atoms with Crippen molar-refractivity contribution in [3.8, 4) is 0 Å². The number of rotatable bonds is 5. The number of likely N-dealkylation sites (N-methyl/N-ethyl adjacent to an activating group) is 1. The SMILES string of the molecule is CC(C)NC(=O)CN(C)Cc1nnsc1Cl.